The highest BCUT2D eigenvalue weighted by molar-refractivity contribution is 5.64. The predicted octanol–water partition coefficient (Wildman–Crippen LogP) is 3.26. The molecule has 1 aromatic carbocycles. The molecule has 2 aromatic rings. The van der Waals surface area contributed by atoms with Crippen molar-refractivity contribution in [2.75, 3.05) is 11.9 Å². The van der Waals surface area contributed by atoms with Gasteiger partial charge in [0.2, 0.25) is 0 Å². The van der Waals surface area contributed by atoms with Crippen molar-refractivity contribution in [1.82, 2.24) is 9.97 Å². The van der Waals surface area contributed by atoms with Gasteiger partial charge in [-0.1, -0.05) is 6.07 Å². The van der Waals surface area contributed by atoms with Gasteiger partial charge < -0.3 is 4.90 Å². The molecule has 0 amide bonds. The van der Waals surface area contributed by atoms with Gasteiger partial charge in [-0.25, -0.2) is 9.97 Å². The average Bonchev–Trinajstić information content (AvgIpc) is 2.41. The topological polar surface area (TPSA) is 58.5 Å². The van der Waals surface area contributed by atoms with Gasteiger partial charge in [0, 0.05) is 24.5 Å². The molecule has 0 saturated carbocycles. The summed E-state index contributed by atoms with van der Waals surface area (Å²) in [6.45, 7) is 3.80. The minimum Gasteiger partial charge on any atom is -0.329 e. The van der Waals surface area contributed by atoms with Crippen LogP contribution in [0.4, 0.5) is 17.2 Å². The van der Waals surface area contributed by atoms with Crippen LogP contribution in [0.5, 0.6) is 0 Å². The monoisotopic (exact) mass is 242 g/mol. The van der Waals surface area contributed by atoms with Crippen molar-refractivity contribution in [2.24, 2.45) is 5.18 Å². The molecule has 0 N–H and O–H groups in total. The van der Waals surface area contributed by atoms with E-state index in [4.69, 9.17) is 0 Å². The highest BCUT2D eigenvalue weighted by atomic mass is 16.3. The summed E-state index contributed by atoms with van der Waals surface area (Å²) in [5.74, 6) is 1.54. The molecular weight excluding hydrogens is 228 g/mol. The van der Waals surface area contributed by atoms with Gasteiger partial charge in [-0.05, 0) is 37.2 Å². The Morgan fingerprint density at radius 3 is 2.78 bits per heavy atom. The predicted molar refractivity (Wildman–Crippen MR) is 71.5 cm³/mol. The van der Waals surface area contributed by atoms with Crippen LogP contribution in [0.2, 0.25) is 0 Å². The fourth-order valence-corrected chi connectivity index (χ4v) is 1.74. The van der Waals surface area contributed by atoms with Crippen LogP contribution in [0.1, 0.15) is 11.4 Å². The van der Waals surface area contributed by atoms with E-state index in [0.717, 1.165) is 17.1 Å². The van der Waals surface area contributed by atoms with Gasteiger partial charge in [0.05, 0.1) is 0 Å². The Labute approximate surface area is 105 Å². The molecule has 0 unspecified atom stereocenters. The molecular formula is C13H14N4O. The Bertz CT molecular complexity index is 583. The maximum absolute atomic E-state index is 10.5. The third-order valence-corrected chi connectivity index (χ3v) is 2.71. The van der Waals surface area contributed by atoms with Crippen LogP contribution in [-0.2, 0) is 0 Å². The number of rotatable bonds is 3. The van der Waals surface area contributed by atoms with E-state index >= 15 is 0 Å². The first kappa shape index (κ1) is 12.2. The molecule has 0 saturated heterocycles. The maximum atomic E-state index is 10.5. The zero-order valence-corrected chi connectivity index (χ0v) is 10.6. The molecule has 0 atom stereocenters. The van der Waals surface area contributed by atoms with E-state index in [1.54, 1.807) is 24.4 Å². The molecule has 1 heterocycles. The molecule has 18 heavy (non-hydrogen) atoms. The van der Waals surface area contributed by atoms with Crippen molar-refractivity contribution in [3.8, 4) is 0 Å². The number of aromatic nitrogens is 2. The third kappa shape index (κ3) is 2.34. The van der Waals surface area contributed by atoms with Crippen molar-refractivity contribution in [1.29, 1.82) is 0 Å². The summed E-state index contributed by atoms with van der Waals surface area (Å²) in [5, 5.41) is 2.94. The normalized spacial score (nSPS) is 10.2. The molecule has 5 nitrogen and oxygen atoms in total. The van der Waals surface area contributed by atoms with E-state index < -0.39 is 0 Å². The summed E-state index contributed by atoms with van der Waals surface area (Å²) in [7, 11) is 1.90. The quantitative estimate of drug-likeness (QED) is 0.775. The van der Waals surface area contributed by atoms with Crippen LogP contribution in [0.15, 0.2) is 35.6 Å². The number of hydrogen-bond donors (Lipinski definition) is 0. The standard InChI is InChI=1S/C13H14N4O/c1-9-8-14-10(2)15-13(9)17(3)12-6-4-5-11(7-12)16-18/h4-8H,1-3H3. The summed E-state index contributed by atoms with van der Waals surface area (Å²) in [5.41, 5.74) is 2.25. The highest BCUT2D eigenvalue weighted by Crippen LogP contribution is 2.27. The molecule has 0 aliphatic rings. The first-order chi connectivity index (χ1) is 8.61. The molecule has 0 spiro atoms. The summed E-state index contributed by atoms with van der Waals surface area (Å²) >= 11 is 0. The third-order valence-electron chi connectivity index (χ3n) is 2.71. The fourth-order valence-electron chi connectivity index (χ4n) is 1.74. The van der Waals surface area contributed by atoms with E-state index in [1.165, 1.54) is 0 Å². The zero-order chi connectivity index (χ0) is 13.1. The molecule has 5 heteroatoms. The Hall–Kier alpha value is -2.30. The Morgan fingerprint density at radius 1 is 1.28 bits per heavy atom. The maximum Gasteiger partial charge on any atom is 0.139 e. The minimum atomic E-state index is 0.405. The summed E-state index contributed by atoms with van der Waals surface area (Å²) < 4.78 is 0. The van der Waals surface area contributed by atoms with Crippen LogP contribution < -0.4 is 4.90 Å². The first-order valence-electron chi connectivity index (χ1n) is 5.59. The van der Waals surface area contributed by atoms with E-state index in [9.17, 15) is 4.91 Å². The summed E-state index contributed by atoms with van der Waals surface area (Å²) in [6, 6.07) is 7.10. The smallest absolute Gasteiger partial charge is 0.139 e. The second-order valence-corrected chi connectivity index (χ2v) is 4.09. The molecule has 2 rings (SSSR count). The molecule has 0 radical (unpaired) electrons. The van der Waals surface area contributed by atoms with Gasteiger partial charge >= 0.3 is 0 Å². The number of anilines is 2. The van der Waals surface area contributed by atoms with Crippen molar-refractivity contribution in [2.45, 2.75) is 13.8 Å². The van der Waals surface area contributed by atoms with E-state index in [2.05, 4.69) is 15.1 Å². The number of benzene rings is 1. The van der Waals surface area contributed by atoms with Gasteiger partial charge in [-0.15, -0.1) is 4.91 Å². The van der Waals surface area contributed by atoms with Crippen molar-refractivity contribution in [3.05, 3.63) is 46.8 Å². The van der Waals surface area contributed by atoms with Gasteiger partial charge in [-0.3, -0.25) is 0 Å². The van der Waals surface area contributed by atoms with E-state index in [1.807, 2.05) is 31.9 Å². The minimum absolute atomic E-state index is 0.405. The number of aryl methyl sites for hydroxylation is 2. The Balaban J connectivity index is 2.43. The van der Waals surface area contributed by atoms with Gasteiger partial charge in [-0.2, -0.15) is 0 Å². The lowest BCUT2D eigenvalue weighted by Crippen LogP contribution is -2.13. The first-order valence-corrected chi connectivity index (χ1v) is 5.59. The van der Waals surface area contributed by atoms with Crippen molar-refractivity contribution in [3.63, 3.8) is 0 Å². The van der Waals surface area contributed by atoms with Gasteiger partial charge in [0.1, 0.15) is 17.3 Å². The lowest BCUT2D eigenvalue weighted by molar-refractivity contribution is 0.991. The lowest BCUT2D eigenvalue weighted by Gasteiger charge is -2.20. The number of hydrogen-bond acceptors (Lipinski definition) is 5. The second-order valence-electron chi connectivity index (χ2n) is 4.09. The molecule has 0 fully saturated rings. The number of nitrogens with zero attached hydrogens (tertiary/aromatic N) is 4. The van der Waals surface area contributed by atoms with Crippen LogP contribution >= 0.6 is 0 Å². The highest BCUT2D eigenvalue weighted by Gasteiger charge is 2.10. The van der Waals surface area contributed by atoms with Crippen LogP contribution in [0.3, 0.4) is 0 Å². The zero-order valence-electron chi connectivity index (χ0n) is 10.6. The summed E-state index contributed by atoms with van der Waals surface area (Å²) in [6.07, 6.45) is 1.79. The molecule has 0 aliphatic carbocycles. The molecule has 1 aromatic heterocycles. The van der Waals surface area contributed by atoms with Crippen LogP contribution in [-0.4, -0.2) is 17.0 Å². The van der Waals surface area contributed by atoms with Crippen molar-refractivity contribution >= 4 is 17.2 Å². The van der Waals surface area contributed by atoms with E-state index in [0.29, 0.717) is 11.5 Å². The van der Waals surface area contributed by atoms with Gasteiger partial charge in [0.25, 0.3) is 0 Å². The largest absolute Gasteiger partial charge is 0.329 e. The SMILES string of the molecule is Cc1ncc(C)c(N(C)c2cccc(N=O)c2)n1. The molecule has 0 bridgehead atoms. The molecule has 92 valence electrons. The van der Waals surface area contributed by atoms with E-state index in [-0.39, 0.29) is 0 Å². The molecule has 0 aliphatic heterocycles. The Morgan fingerprint density at radius 2 is 2.06 bits per heavy atom. The van der Waals surface area contributed by atoms with Crippen molar-refractivity contribution < 1.29 is 0 Å². The summed E-state index contributed by atoms with van der Waals surface area (Å²) in [4.78, 5) is 21.0. The van der Waals surface area contributed by atoms with Gasteiger partial charge in [0.15, 0.2) is 0 Å². The number of nitroso groups, excluding NO2 is 1. The van der Waals surface area contributed by atoms with Crippen LogP contribution in [0.25, 0.3) is 0 Å². The Kier molecular flexibility index (Phi) is 3.32. The second kappa shape index (κ2) is 4.91. The van der Waals surface area contributed by atoms with Crippen LogP contribution in [0, 0.1) is 18.8 Å². The fraction of sp³-hybridized carbons (Fsp3) is 0.231. The average molecular weight is 242 g/mol. The lowest BCUT2D eigenvalue weighted by atomic mass is 10.2.